The van der Waals surface area contributed by atoms with Crippen LogP contribution in [0.5, 0.6) is 0 Å². The van der Waals surface area contributed by atoms with Crippen molar-refractivity contribution in [3.8, 4) is 34.3 Å². The summed E-state index contributed by atoms with van der Waals surface area (Å²) in [5, 5.41) is 34.4. The molecule has 2 fully saturated rings. The number of nitrogens with one attached hydrogen (secondary N) is 4. The number of hydrogen-bond acceptors (Lipinski definition) is 12. The molecule has 19 heteroatoms. The highest BCUT2D eigenvalue weighted by Gasteiger charge is 2.27. The van der Waals surface area contributed by atoms with E-state index in [2.05, 4.69) is 76.5 Å². The van der Waals surface area contributed by atoms with E-state index in [0.29, 0.717) is 65.1 Å². The van der Waals surface area contributed by atoms with Crippen molar-refractivity contribution in [3.63, 3.8) is 0 Å². The lowest BCUT2D eigenvalue weighted by Gasteiger charge is -2.37. The number of halogens is 2. The number of nitrogens with zero attached hydrogens (tertiary/aromatic N) is 8. The lowest BCUT2D eigenvalue weighted by atomic mass is 9.91. The molecule has 3 aromatic heterocycles. The SMILES string of the molecule is CC(C)c1cc(NC(=O)NCCCN2CCC[C@@H](Cc3ccc(F)cc3)C2)cc(-c2nnnn2C)c1.C[C@H](C[C@@H](O)N1CCC[C@@H](Cc2ccc(F)cc2)C1)NC(=O)Nc1cc(-c2ncco2)cc(-c2ncco2)c1. The first kappa shape index (κ1) is 53.9. The molecule has 0 aliphatic carbocycles. The van der Waals surface area contributed by atoms with Crippen molar-refractivity contribution in [2.45, 2.75) is 90.3 Å². The molecule has 5 N–H and O–H groups in total. The second kappa shape index (κ2) is 26.2. The van der Waals surface area contributed by atoms with Gasteiger partial charge in [-0.25, -0.2) is 33.0 Å². The zero-order valence-corrected chi connectivity index (χ0v) is 43.1. The van der Waals surface area contributed by atoms with Crippen LogP contribution < -0.4 is 21.3 Å². The molecule has 9 rings (SSSR count). The minimum Gasteiger partial charge on any atom is -0.445 e. The molecule has 396 valence electrons. The Morgan fingerprint density at radius 3 is 1.92 bits per heavy atom. The summed E-state index contributed by atoms with van der Waals surface area (Å²) in [5.74, 6) is 2.32. The second-order valence-corrected chi connectivity index (χ2v) is 20.0. The summed E-state index contributed by atoms with van der Waals surface area (Å²) in [4.78, 5) is 38.3. The van der Waals surface area contributed by atoms with Crippen molar-refractivity contribution in [2.75, 3.05) is 49.9 Å². The van der Waals surface area contributed by atoms with E-state index >= 15 is 0 Å². The number of piperidine rings is 2. The van der Waals surface area contributed by atoms with Crippen molar-refractivity contribution in [1.82, 2.24) is 50.6 Å². The Balaban J connectivity index is 0.000000200. The first-order chi connectivity index (χ1) is 36.3. The van der Waals surface area contributed by atoms with E-state index in [-0.39, 0.29) is 23.7 Å². The van der Waals surface area contributed by atoms with Crippen molar-refractivity contribution in [3.05, 3.63) is 138 Å². The Labute approximate surface area is 436 Å². The molecule has 4 aromatic carbocycles. The third-order valence-electron chi connectivity index (χ3n) is 13.6. The van der Waals surface area contributed by atoms with Gasteiger partial charge in [0.15, 0.2) is 5.82 Å². The van der Waals surface area contributed by atoms with Crippen LogP contribution in [0.3, 0.4) is 0 Å². The van der Waals surface area contributed by atoms with Gasteiger partial charge < -0.3 is 40.1 Å². The first-order valence-corrected chi connectivity index (χ1v) is 25.9. The molecular weight excluding hydrogens is 959 g/mol. The normalized spacial score (nSPS) is 16.9. The Morgan fingerprint density at radius 2 is 1.33 bits per heavy atom. The van der Waals surface area contributed by atoms with Crippen molar-refractivity contribution in [1.29, 1.82) is 0 Å². The standard InChI is InChI=1S/C29H32FN5O4.C27H36FN7O/c1-19(13-26(36)35-10-2-3-21(18-35)14-20-4-6-24(30)7-5-20)33-29(37)34-25-16-22(27-31-8-11-38-27)15-23(17-25)28-32-9-12-39-28;1-19(2)22-15-23(26-31-32-33-34(26)3)17-25(16-22)30-27(36)29-11-5-13-35-12-4-6-21(18-35)14-20-7-9-24(28)10-8-20/h4-9,11-12,15-17,19,21,26,36H,2-3,10,13-14,18H2,1H3,(H2,33,34,37);7-10,15-17,19,21H,4-6,11-14,18H2,1-3H3,(H2,29,30,36)/t19-,21+,26-;21-/m10/s1. The van der Waals surface area contributed by atoms with Gasteiger partial charge in [-0.15, -0.1) is 5.10 Å². The van der Waals surface area contributed by atoms with Crippen LogP contribution in [0.25, 0.3) is 34.3 Å². The van der Waals surface area contributed by atoms with Gasteiger partial charge in [-0.05, 0) is 170 Å². The number of carbonyl (C=O) groups is 2. The third-order valence-corrected chi connectivity index (χ3v) is 13.6. The van der Waals surface area contributed by atoms with Crippen LogP contribution in [0.4, 0.5) is 29.7 Å². The van der Waals surface area contributed by atoms with Crippen molar-refractivity contribution < 1.29 is 32.3 Å². The van der Waals surface area contributed by atoms with E-state index < -0.39 is 12.3 Å². The predicted molar refractivity (Wildman–Crippen MR) is 283 cm³/mol. The molecule has 2 aliphatic heterocycles. The monoisotopic (exact) mass is 1030 g/mol. The number of amides is 4. The molecule has 75 heavy (non-hydrogen) atoms. The van der Waals surface area contributed by atoms with E-state index in [0.717, 1.165) is 87.2 Å². The number of tetrazole rings is 1. The fourth-order valence-corrected chi connectivity index (χ4v) is 9.90. The number of aryl methyl sites for hydroxylation is 1. The van der Waals surface area contributed by atoms with Crippen LogP contribution in [0.1, 0.15) is 81.9 Å². The number of aromatic nitrogens is 6. The average molecular weight is 1030 g/mol. The number of aliphatic hydroxyl groups is 1. The molecular formula is C56H68F2N12O5. The van der Waals surface area contributed by atoms with Crippen LogP contribution in [0, 0.1) is 23.5 Å². The zero-order chi connectivity index (χ0) is 52.7. The summed E-state index contributed by atoms with van der Waals surface area (Å²) >= 11 is 0. The van der Waals surface area contributed by atoms with Gasteiger partial charge in [0.25, 0.3) is 0 Å². The third kappa shape index (κ3) is 16.1. The number of hydrogen-bond donors (Lipinski definition) is 5. The smallest absolute Gasteiger partial charge is 0.319 e. The van der Waals surface area contributed by atoms with Gasteiger partial charge >= 0.3 is 12.1 Å². The number of rotatable bonds is 18. The number of aliphatic hydroxyl groups excluding tert-OH is 1. The lowest BCUT2D eigenvalue weighted by Crippen LogP contribution is -2.47. The average Bonchev–Trinajstić information content (AvgIpc) is 4.22. The summed E-state index contributed by atoms with van der Waals surface area (Å²) < 4.78 is 38.9. The molecule has 2 saturated heterocycles. The molecule has 7 aromatic rings. The topological polar surface area (TPSA) is 205 Å². The summed E-state index contributed by atoms with van der Waals surface area (Å²) in [5.41, 5.74) is 6.82. The summed E-state index contributed by atoms with van der Waals surface area (Å²) in [6, 6.07) is 23.9. The van der Waals surface area contributed by atoms with Crippen LogP contribution in [0.2, 0.25) is 0 Å². The largest absolute Gasteiger partial charge is 0.445 e. The van der Waals surface area contributed by atoms with Crippen LogP contribution >= 0.6 is 0 Å². The molecule has 0 bridgehead atoms. The maximum atomic E-state index is 13.2. The molecule has 4 amide bonds. The molecule has 17 nitrogen and oxygen atoms in total. The van der Waals surface area contributed by atoms with Gasteiger partial charge in [-0.1, -0.05) is 38.1 Å². The van der Waals surface area contributed by atoms with Gasteiger partial charge in [0.2, 0.25) is 11.8 Å². The zero-order valence-electron chi connectivity index (χ0n) is 43.1. The minimum absolute atomic E-state index is 0.184. The highest BCUT2D eigenvalue weighted by Crippen LogP contribution is 2.31. The number of likely N-dealkylation sites (tertiary alicyclic amines) is 2. The molecule has 5 heterocycles. The van der Waals surface area contributed by atoms with E-state index in [1.807, 2.05) is 49.4 Å². The number of benzene rings is 4. The Morgan fingerprint density at radius 1 is 0.747 bits per heavy atom. The van der Waals surface area contributed by atoms with Gasteiger partial charge in [0.05, 0.1) is 12.4 Å². The van der Waals surface area contributed by atoms with Gasteiger partial charge in [0, 0.05) is 73.8 Å². The Bertz CT molecular complexity index is 2830. The highest BCUT2D eigenvalue weighted by atomic mass is 19.1. The predicted octanol–water partition coefficient (Wildman–Crippen LogP) is 9.91. The number of oxazole rings is 2. The van der Waals surface area contributed by atoms with Gasteiger partial charge in [0.1, 0.15) is 30.4 Å². The quantitative estimate of drug-likeness (QED) is 0.0510. The minimum atomic E-state index is -0.679. The fraction of sp³-hybridized carbons (Fsp3) is 0.411. The Kier molecular flexibility index (Phi) is 18.9. The van der Waals surface area contributed by atoms with Crippen molar-refractivity contribution in [2.24, 2.45) is 18.9 Å². The second-order valence-electron chi connectivity index (χ2n) is 20.0. The molecule has 0 saturated carbocycles. The number of urea groups is 2. The van der Waals surface area contributed by atoms with E-state index in [1.54, 1.807) is 48.4 Å². The summed E-state index contributed by atoms with van der Waals surface area (Å²) in [7, 11) is 1.80. The Hall–Kier alpha value is -7.35. The summed E-state index contributed by atoms with van der Waals surface area (Å²) in [6.07, 6.45) is 12.9. The molecule has 0 radical (unpaired) electrons. The maximum Gasteiger partial charge on any atom is 0.319 e. The fourth-order valence-electron chi connectivity index (χ4n) is 9.90. The first-order valence-electron chi connectivity index (χ1n) is 25.9. The maximum absolute atomic E-state index is 13.2. The molecule has 2 aliphatic rings. The summed E-state index contributed by atoms with van der Waals surface area (Å²) in [6.45, 7) is 11.3. The number of carbonyl (C=O) groups excluding carboxylic acids is 2. The molecule has 0 unspecified atom stereocenters. The van der Waals surface area contributed by atoms with Gasteiger partial charge in [-0.3, -0.25) is 4.90 Å². The number of anilines is 2. The van der Waals surface area contributed by atoms with Crippen molar-refractivity contribution >= 4 is 23.4 Å². The van der Waals surface area contributed by atoms with E-state index in [9.17, 15) is 23.5 Å². The van der Waals surface area contributed by atoms with E-state index in [4.69, 9.17) is 8.83 Å². The van der Waals surface area contributed by atoms with Gasteiger partial charge in [-0.2, -0.15) is 0 Å². The molecule has 0 spiro atoms. The van der Waals surface area contributed by atoms with Crippen LogP contribution in [0.15, 0.2) is 119 Å². The molecule has 4 atom stereocenters. The lowest BCUT2D eigenvalue weighted by molar-refractivity contribution is -0.0306. The van der Waals surface area contributed by atoms with E-state index in [1.165, 1.54) is 43.1 Å². The van der Waals surface area contributed by atoms with Crippen LogP contribution in [-0.2, 0) is 19.9 Å². The highest BCUT2D eigenvalue weighted by molar-refractivity contribution is 5.91. The van der Waals surface area contributed by atoms with Crippen LogP contribution in [-0.4, -0.2) is 109 Å².